The Morgan fingerprint density at radius 2 is 2.38 bits per heavy atom. The summed E-state index contributed by atoms with van der Waals surface area (Å²) in [6, 6.07) is 1.94. The molecule has 0 aliphatic rings. The van der Waals surface area contributed by atoms with E-state index in [1.807, 2.05) is 0 Å². The molecule has 0 aromatic carbocycles. The standard InChI is InChI=1S/C13H16N4O4/c1-17(7-10-3-2-4-21-10)13(20)16-11(12(18)19)5-9-6-14-8-15-9/h2-4,6,8,11H,5,7H2,1H3,(H,14,15)(H,16,20)(H,18,19). The molecule has 0 saturated heterocycles. The maximum atomic E-state index is 12.0. The molecule has 0 aliphatic carbocycles. The molecule has 0 saturated carbocycles. The van der Waals surface area contributed by atoms with Crippen molar-refractivity contribution in [2.45, 2.75) is 19.0 Å². The Kier molecular flexibility index (Phi) is 4.60. The average molecular weight is 292 g/mol. The molecule has 0 radical (unpaired) electrons. The van der Waals surface area contributed by atoms with E-state index in [4.69, 9.17) is 4.42 Å². The number of carboxylic acid groups (broad SMARTS) is 1. The maximum absolute atomic E-state index is 12.0. The molecular weight excluding hydrogens is 276 g/mol. The van der Waals surface area contributed by atoms with Crippen molar-refractivity contribution in [3.63, 3.8) is 0 Å². The van der Waals surface area contributed by atoms with Gasteiger partial charge in [0, 0.05) is 25.4 Å². The molecule has 1 atom stereocenters. The Hall–Kier alpha value is -2.77. The minimum absolute atomic E-state index is 0.135. The zero-order chi connectivity index (χ0) is 15.2. The van der Waals surface area contributed by atoms with Crippen molar-refractivity contribution in [1.82, 2.24) is 20.2 Å². The van der Waals surface area contributed by atoms with E-state index in [2.05, 4.69) is 15.3 Å². The summed E-state index contributed by atoms with van der Waals surface area (Å²) in [5.41, 5.74) is 0.636. The van der Waals surface area contributed by atoms with Crippen molar-refractivity contribution in [2.75, 3.05) is 7.05 Å². The van der Waals surface area contributed by atoms with E-state index in [0.29, 0.717) is 11.5 Å². The molecule has 3 N–H and O–H groups in total. The van der Waals surface area contributed by atoms with Crippen LogP contribution in [0.2, 0.25) is 0 Å². The van der Waals surface area contributed by atoms with Crippen LogP contribution >= 0.6 is 0 Å². The Morgan fingerprint density at radius 3 is 2.95 bits per heavy atom. The van der Waals surface area contributed by atoms with E-state index < -0.39 is 18.0 Å². The van der Waals surface area contributed by atoms with Gasteiger partial charge in [0.05, 0.1) is 19.1 Å². The number of aromatic nitrogens is 2. The zero-order valence-electron chi connectivity index (χ0n) is 11.4. The van der Waals surface area contributed by atoms with E-state index in [0.717, 1.165) is 0 Å². The number of furan rings is 1. The second-order valence-electron chi connectivity index (χ2n) is 4.56. The topological polar surface area (TPSA) is 111 Å². The summed E-state index contributed by atoms with van der Waals surface area (Å²) in [6.07, 6.45) is 4.63. The van der Waals surface area contributed by atoms with E-state index >= 15 is 0 Å². The number of nitrogens with one attached hydrogen (secondary N) is 2. The van der Waals surface area contributed by atoms with Gasteiger partial charge in [0.1, 0.15) is 11.8 Å². The lowest BCUT2D eigenvalue weighted by Gasteiger charge is -2.20. The highest BCUT2D eigenvalue weighted by Crippen LogP contribution is 2.05. The van der Waals surface area contributed by atoms with Crippen molar-refractivity contribution in [3.8, 4) is 0 Å². The first kappa shape index (κ1) is 14.6. The first-order chi connectivity index (χ1) is 10.1. The predicted octanol–water partition coefficient (Wildman–Crippen LogP) is 0.840. The van der Waals surface area contributed by atoms with Crippen LogP contribution in [0.25, 0.3) is 0 Å². The number of H-pyrrole nitrogens is 1. The van der Waals surface area contributed by atoms with Gasteiger partial charge in [0.25, 0.3) is 0 Å². The minimum atomic E-state index is -1.11. The Balaban J connectivity index is 1.92. The highest BCUT2D eigenvalue weighted by molar-refractivity contribution is 5.82. The number of urea groups is 1. The number of carbonyl (C=O) groups excluding carboxylic acids is 1. The molecule has 0 bridgehead atoms. The molecular formula is C13H16N4O4. The molecule has 8 nitrogen and oxygen atoms in total. The van der Waals surface area contributed by atoms with Gasteiger partial charge in [-0.25, -0.2) is 14.6 Å². The number of nitrogens with zero attached hydrogens (tertiary/aromatic N) is 2. The fraction of sp³-hybridized carbons (Fsp3) is 0.308. The van der Waals surface area contributed by atoms with Crippen LogP contribution < -0.4 is 5.32 Å². The zero-order valence-corrected chi connectivity index (χ0v) is 11.4. The molecule has 8 heteroatoms. The number of imidazole rings is 1. The lowest BCUT2D eigenvalue weighted by atomic mass is 10.1. The molecule has 112 valence electrons. The van der Waals surface area contributed by atoms with E-state index in [-0.39, 0.29) is 13.0 Å². The first-order valence-corrected chi connectivity index (χ1v) is 6.30. The summed E-state index contributed by atoms with van der Waals surface area (Å²) in [5, 5.41) is 11.6. The van der Waals surface area contributed by atoms with Gasteiger partial charge in [-0.1, -0.05) is 0 Å². The van der Waals surface area contributed by atoms with Crippen LogP contribution in [0.3, 0.4) is 0 Å². The van der Waals surface area contributed by atoms with Gasteiger partial charge in [0.2, 0.25) is 0 Å². The van der Waals surface area contributed by atoms with E-state index in [1.165, 1.54) is 23.7 Å². The van der Waals surface area contributed by atoms with Gasteiger partial charge in [-0.2, -0.15) is 0 Å². The van der Waals surface area contributed by atoms with E-state index in [1.54, 1.807) is 19.2 Å². The van der Waals surface area contributed by atoms with Crippen LogP contribution in [0.15, 0.2) is 35.3 Å². The fourth-order valence-electron chi connectivity index (χ4n) is 1.78. The molecule has 2 heterocycles. The predicted molar refractivity (Wildman–Crippen MR) is 72.4 cm³/mol. The normalized spacial score (nSPS) is 11.9. The number of aliphatic carboxylic acids is 1. The van der Waals surface area contributed by atoms with Crippen molar-refractivity contribution in [2.24, 2.45) is 0 Å². The van der Waals surface area contributed by atoms with E-state index in [9.17, 15) is 14.7 Å². The van der Waals surface area contributed by atoms with Crippen molar-refractivity contribution in [1.29, 1.82) is 0 Å². The number of rotatable bonds is 6. The maximum Gasteiger partial charge on any atom is 0.326 e. The SMILES string of the molecule is CN(Cc1ccco1)C(=O)NC(Cc1cnc[nH]1)C(=O)O. The number of aromatic amines is 1. The summed E-state index contributed by atoms with van der Waals surface area (Å²) >= 11 is 0. The van der Waals surface area contributed by atoms with Gasteiger partial charge in [-0.3, -0.25) is 0 Å². The first-order valence-electron chi connectivity index (χ1n) is 6.30. The Labute approximate surface area is 120 Å². The number of carbonyl (C=O) groups is 2. The summed E-state index contributed by atoms with van der Waals surface area (Å²) in [4.78, 5) is 31.2. The third kappa shape index (κ3) is 4.10. The van der Waals surface area contributed by atoms with Gasteiger partial charge in [-0.05, 0) is 12.1 Å². The Morgan fingerprint density at radius 1 is 1.57 bits per heavy atom. The molecule has 0 aliphatic heterocycles. The second kappa shape index (κ2) is 6.60. The Bertz CT molecular complexity index is 579. The highest BCUT2D eigenvalue weighted by Gasteiger charge is 2.23. The largest absolute Gasteiger partial charge is 0.480 e. The van der Waals surface area contributed by atoms with Crippen LogP contribution in [-0.4, -0.2) is 45.1 Å². The molecule has 2 rings (SSSR count). The van der Waals surface area contributed by atoms with Gasteiger partial charge in [0.15, 0.2) is 0 Å². The number of hydrogen-bond donors (Lipinski definition) is 3. The van der Waals surface area contributed by atoms with Crippen molar-refractivity contribution < 1.29 is 19.1 Å². The second-order valence-corrected chi connectivity index (χ2v) is 4.56. The lowest BCUT2D eigenvalue weighted by Crippen LogP contribution is -2.47. The monoisotopic (exact) mass is 292 g/mol. The average Bonchev–Trinajstić information content (AvgIpc) is 3.10. The third-order valence-electron chi connectivity index (χ3n) is 2.89. The van der Waals surface area contributed by atoms with Crippen molar-refractivity contribution in [3.05, 3.63) is 42.4 Å². The number of hydrogen-bond acceptors (Lipinski definition) is 4. The number of carboxylic acids is 1. The fourth-order valence-corrected chi connectivity index (χ4v) is 1.78. The van der Waals surface area contributed by atoms with Crippen LogP contribution in [-0.2, 0) is 17.8 Å². The summed E-state index contributed by atoms with van der Waals surface area (Å²) in [5.74, 6) is -0.488. The molecule has 2 aromatic rings. The molecule has 0 spiro atoms. The van der Waals surface area contributed by atoms with Crippen LogP contribution in [0.5, 0.6) is 0 Å². The molecule has 2 aromatic heterocycles. The quantitative estimate of drug-likeness (QED) is 0.730. The third-order valence-corrected chi connectivity index (χ3v) is 2.89. The summed E-state index contributed by atoms with van der Waals surface area (Å²) < 4.78 is 5.14. The molecule has 21 heavy (non-hydrogen) atoms. The smallest absolute Gasteiger partial charge is 0.326 e. The molecule has 1 unspecified atom stereocenters. The summed E-state index contributed by atoms with van der Waals surface area (Å²) in [7, 11) is 1.56. The molecule has 2 amide bonds. The number of amides is 2. The summed E-state index contributed by atoms with van der Waals surface area (Å²) in [6.45, 7) is 0.259. The minimum Gasteiger partial charge on any atom is -0.480 e. The van der Waals surface area contributed by atoms with Crippen LogP contribution in [0.1, 0.15) is 11.5 Å². The van der Waals surface area contributed by atoms with Crippen LogP contribution in [0, 0.1) is 0 Å². The van der Waals surface area contributed by atoms with Gasteiger partial charge >= 0.3 is 12.0 Å². The molecule has 0 fully saturated rings. The van der Waals surface area contributed by atoms with Gasteiger partial charge in [-0.15, -0.1) is 0 Å². The lowest BCUT2D eigenvalue weighted by molar-refractivity contribution is -0.139. The van der Waals surface area contributed by atoms with Crippen LogP contribution in [0.4, 0.5) is 4.79 Å². The van der Waals surface area contributed by atoms with Crippen molar-refractivity contribution >= 4 is 12.0 Å². The van der Waals surface area contributed by atoms with Gasteiger partial charge < -0.3 is 24.7 Å². The highest BCUT2D eigenvalue weighted by atomic mass is 16.4.